The Morgan fingerprint density at radius 2 is 2.20 bits per heavy atom. The van der Waals surface area contributed by atoms with E-state index < -0.39 is 4.92 Å². The van der Waals surface area contributed by atoms with Crippen LogP contribution in [-0.2, 0) is 0 Å². The van der Waals surface area contributed by atoms with Gasteiger partial charge in [0.25, 0.3) is 0 Å². The number of nitrogens with zero attached hydrogens (tertiary/aromatic N) is 5. The Labute approximate surface area is 150 Å². The van der Waals surface area contributed by atoms with E-state index in [0.29, 0.717) is 17.3 Å². The molecule has 2 aromatic rings. The quantitative estimate of drug-likeness (QED) is 0.307. The number of nitro groups is 1. The molecule has 9 heteroatoms. The third kappa shape index (κ3) is 4.56. The average Bonchev–Trinajstić information content (AvgIpc) is 3.01. The van der Waals surface area contributed by atoms with Gasteiger partial charge in [-0.1, -0.05) is 32.5 Å². The number of ether oxygens (including phenoxy) is 1. The first kappa shape index (κ1) is 18.9. The number of benzene rings is 1. The van der Waals surface area contributed by atoms with Gasteiger partial charge in [-0.15, -0.1) is 10.2 Å². The van der Waals surface area contributed by atoms with Crippen LogP contribution in [0.25, 0.3) is 0 Å². The number of aromatic nitrogens is 3. The van der Waals surface area contributed by atoms with E-state index in [1.165, 1.54) is 17.8 Å². The van der Waals surface area contributed by atoms with Crippen LogP contribution in [0.5, 0.6) is 5.75 Å². The molecule has 8 nitrogen and oxygen atoms in total. The highest BCUT2D eigenvalue weighted by Gasteiger charge is 2.16. The van der Waals surface area contributed by atoms with Crippen molar-refractivity contribution in [2.45, 2.75) is 38.3 Å². The number of hydrogen-bond acceptors (Lipinski definition) is 7. The van der Waals surface area contributed by atoms with Gasteiger partial charge in [-0.2, -0.15) is 9.78 Å². The summed E-state index contributed by atoms with van der Waals surface area (Å²) in [5.74, 6) is 1.16. The van der Waals surface area contributed by atoms with Crippen LogP contribution >= 0.6 is 11.8 Å². The van der Waals surface area contributed by atoms with Crippen LogP contribution in [0.2, 0.25) is 0 Å². The zero-order valence-corrected chi connectivity index (χ0v) is 15.5. The lowest BCUT2D eigenvalue weighted by molar-refractivity contribution is -0.385. The van der Waals surface area contributed by atoms with Crippen molar-refractivity contribution in [3.8, 4) is 5.75 Å². The van der Waals surface area contributed by atoms with Gasteiger partial charge in [0, 0.05) is 17.5 Å². The van der Waals surface area contributed by atoms with Crippen molar-refractivity contribution in [2.24, 2.45) is 5.10 Å². The molecule has 134 valence electrons. The molecular formula is C16H21N5O3S. The predicted octanol–water partition coefficient (Wildman–Crippen LogP) is 3.70. The normalized spacial score (nSPS) is 11.4. The first-order valence-corrected chi connectivity index (χ1v) is 9.15. The maximum Gasteiger partial charge on any atom is 0.311 e. The summed E-state index contributed by atoms with van der Waals surface area (Å²) in [6, 6.07) is 4.78. The van der Waals surface area contributed by atoms with E-state index >= 15 is 0 Å². The minimum atomic E-state index is -0.450. The SMILES string of the molecule is CCCOc1ccc(/C=N\n2c(SC)nnc2C(C)C)cc1[N+](=O)[O-]. The second-order valence-electron chi connectivity index (χ2n) is 5.59. The molecule has 0 aliphatic carbocycles. The van der Waals surface area contributed by atoms with E-state index in [0.717, 1.165) is 12.2 Å². The van der Waals surface area contributed by atoms with Gasteiger partial charge in [-0.25, -0.2) is 0 Å². The van der Waals surface area contributed by atoms with Crippen molar-refractivity contribution in [1.29, 1.82) is 0 Å². The highest BCUT2D eigenvalue weighted by atomic mass is 32.2. The van der Waals surface area contributed by atoms with E-state index in [-0.39, 0.29) is 17.4 Å². The molecule has 25 heavy (non-hydrogen) atoms. The van der Waals surface area contributed by atoms with E-state index in [4.69, 9.17) is 4.74 Å². The van der Waals surface area contributed by atoms with Crippen molar-refractivity contribution < 1.29 is 9.66 Å². The smallest absolute Gasteiger partial charge is 0.311 e. The third-order valence-corrected chi connectivity index (χ3v) is 3.92. The Bertz CT molecular complexity index is 773. The highest BCUT2D eigenvalue weighted by molar-refractivity contribution is 7.98. The van der Waals surface area contributed by atoms with Gasteiger partial charge in [0.15, 0.2) is 11.6 Å². The summed E-state index contributed by atoms with van der Waals surface area (Å²) in [6.45, 7) is 6.39. The Balaban J connectivity index is 2.34. The topological polar surface area (TPSA) is 95.4 Å². The first-order valence-electron chi connectivity index (χ1n) is 7.92. The molecule has 1 aromatic carbocycles. The van der Waals surface area contributed by atoms with Crippen molar-refractivity contribution in [3.63, 3.8) is 0 Å². The van der Waals surface area contributed by atoms with Gasteiger partial charge < -0.3 is 4.74 Å². The molecule has 0 aliphatic heterocycles. The molecule has 0 atom stereocenters. The van der Waals surface area contributed by atoms with Crippen LogP contribution in [0.1, 0.15) is 44.5 Å². The number of hydrogen-bond donors (Lipinski definition) is 0. The predicted molar refractivity (Wildman–Crippen MR) is 97.8 cm³/mol. The average molecular weight is 363 g/mol. The van der Waals surface area contributed by atoms with Gasteiger partial charge in [0.2, 0.25) is 5.16 Å². The number of thioether (sulfide) groups is 1. The molecule has 0 spiro atoms. The van der Waals surface area contributed by atoms with Crippen LogP contribution in [0.15, 0.2) is 28.5 Å². The van der Waals surface area contributed by atoms with E-state index in [1.807, 2.05) is 27.0 Å². The Kier molecular flexibility index (Phi) is 6.51. The van der Waals surface area contributed by atoms with Crippen LogP contribution in [0.4, 0.5) is 5.69 Å². The Morgan fingerprint density at radius 3 is 2.80 bits per heavy atom. The molecule has 0 unspecified atom stereocenters. The highest BCUT2D eigenvalue weighted by Crippen LogP contribution is 2.28. The number of nitro benzene ring substituents is 1. The van der Waals surface area contributed by atoms with Gasteiger partial charge in [0.1, 0.15) is 0 Å². The Morgan fingerprint density at radius 1 is 1.44 bits per heavy atom. The molecule has 1 heterocycles. The van der Waals surface area contributed by atoms with Gasteiger partial charge in [0.05, 0.1) is 17.7 Å². The van der Waals surface area contributed by atoms with Crippen LogP contribution in [0, 0.1) is 10.1 Å². The molecule has 0 saturated carbocycles. The minimum absolute atomic E-state index is 0.0738. The van der Waals surface area contributed by atoms with E-state index in [2.05, 4.69) is 15.3 Å². The van der Waals surface area contributed by atoms with Crippen LogP contribution < -0.4 is 4.74 Å². The van der Waals surface area contributed by atoms with Crippen LogP contribution in [0.3, 0.4) is 0 Å². The summed E-state index contributed by atoms with van der Waals surface area (Å²) >= 11 is 1.44. The third-order valence-electron chi connectivity index (χ3n) is 3.30. The zero-order valence-electron chi connectivity index (χ0n) is 14.7. The molecule has 0 aliphatic rings. The standard InChI is InChI=1S/C16H21N5O3S/c1-5-8-24-14-7-6-12(9-13(14)21(22)23)10-17-20-15(11(2)3)18-19-16(20)25-4/h6-7,9-11H,5,8H2,1-4H3/b17-10-. The summed E-state index contributed by atoms with van der Waals surface area (Å²) in [7, 11) is 0. The molecule has 0 fully saturated rings. The Hall–Kier alpha value is -2.42. The molecule has 0 saturated heterocycles. The van der Waals surface area contributed by atoms with Crippen LogP contribution in [-0.4, -0.2) is 38.9 Å². The minimum Gasteiger partial charge on any atom is -0.487 e. The summed E-state index contributed by atoms with van der Waals surface area (Å²) in [5.41, 5.74) is 0.529. The first-order chi connectivity index (χ1) is 12.0. The fourth-order valence-corrected chi connectivity index (χ4v) is 2.52. The summed E-state index contributed by atoms with van der Waals surface area (Å²) in [4.78, 5) is 10.8. The van der Waals surface area contributed by atoms with Crippen molar-refractivity contribution in [3.05, 3.63) is 39.7 Å². The molecule has 0 N–H and O–H groups in total. The molecule has 0 amide bonds. The molecule has 1 aromatic heterocycles. The van der Waals surface area contributed by atoms with Gasteiger partial charge in [-0.05, 0) is 24.8 Å². The molecular weight excluding hydrogens is 342 g/mol. The zero-order chi connectivity index (χ0) is 18.4. The monoisotopic (exact) mass is 363 g/mol. The summed E-state index contributed by atoms with van der Waals surface area (Å²) in [5, 5.41) is 24.6. The van der Waals surface area contributed by atoms with Gasteiger partial charge >= 0.3 is 5.69 Å². The fourth-order valence-electron chi connectivity index (χ4n) is 2.09. The van der Waals surface area contributed by atoms with Gasteiger partial charge in [-0.3, -0.25) is 10.1 Å². The molecule has 0 radical (unpaired) electrons. The van der Waals surface area contributed by atoms with Crippen molar-refractivity contribution in [1.82, 2.24) is 14.9 Å². The van der Waals surface area contributed by atoms with Crippen molar-refractivity contribution in [2.75, 3.05) is 12.9 Å². The fraction of sp³-hybridized carbons (Fsp3) is 0.438. The largest absolute Gasteiger partial charge is 0.487 e. The lowest BCUT2D eigenvalue weighted by Crippen LogP contribution is -2.03. The molecule has 2 rings (SSSR count). The second kappa shape index (κ2) is 8.61. The maximum absolute atomic E-state index is 11.3. The van der Waals surface area contributed by atoms with Crippen molar-refractivity contribution >= 4 is 23.7 Å². The lowest BCUT2D eigenvalue weighted by atomic mass is 10.2. The number of rotatable bonds is 8. The summed E-state index contributed by atoms with van der Waals surface area (Å²) in [6.07, 6.45) is 4.24. The van der Waals surface area contributed by atoms with E-state index in [9.17, 15) is 10.1 Å². The summed E-state index contributed by atoms with van der Waals surface area (Å²) < 4.78 is 7.08. The maximum atomic E-state index is 11.3. The van der Waals surface area contributed by atoms with E-state index in [1.54, 1.807) is 23.0 Å². The molecule has 0 bridgehead atoms. The lowest BCUT2D eigenvalue weighted by Gasteiger charge is -2.07. The second-order valence-corrected chi connectivity index (χ2v) is 6.36.